The van der Waals surface area contributed by atoms with Crippen LogP contribution in [0.2, 0.25) is 0 Å². The minimum Gasteiger partial charge on any atom is -0.383 e. The second kappa shape index (κ2) is 3.11. The van der Waals surface area contributed by atoms with Gasteiger partial charge in [-0.2, -0.15) is 0 Å². The van der Waals surface area contributed by atoms with E-state index in [1.54, 1.807) is 0 Å². The maximum absolute atomic E-state index is 5.71. The van der Waals surface area contributed by atoms with E-state index in [1.807, 2.05) is 20.8 Å². The number of nitrogen functional groups attached to an aromatic ring is 1. The quantitative estimate of drug-likeness (QED) is 0.653. The van der Waals surface area contributed by atoms with Crippen LogP contribution in [0.1, 0.15) is 22.4 Å². The van der Waals surface area contributed by atoms with E-state index in [0.29, 0.717) is 12.4 Å². The van der Waals surface area contributed by atoms with Crippen molar-refractivity contribution >= 4 is 5.82 Å². The third-order valence-electron chi connectivity index (χ3n) is 2.36. The third kappa shape index (κ3) is 1.28. The Hall–Kier alpha value is -1.09. The van der Waals surface area contributed by atoms with Gasteiger partial charge >= 0.3 is 0 Å². The topological polar surface area (TPSA) is 64.9 Å². The van der Waals surface area contributed by atoms with Crippen molar-refractivity contribution in [1.29, 1.82) is 0 Å². The van der Waals surface area contributed by atoms with Gasteiger partial charge in [-0.15, -0.1) is 0 Å². The summed E-state index contributed by atoms with van der Waals surface area (Å²) < 4.78 is 0. The highest BCUT2D eigenvalue weighted by Crippen LogP contribution is 2.19. The highest BCUT2D eigenvalue weighted by atomic mass is 14.9. The molecule has 1 heterocycles. The van der Waals surface area contributed by atoms with Crippen LogP contribution in [0.3, 0.4) is 0 Å². The van der Waals surface area contributed by atoms with Crippen LogP contribution in [-0.2, 0) is 6.54 Å². The SMILES string of the molecule is Cc1nc(N)c(CN)c(C)c1C. The first-order valence-electron chi connectivity index (χ1n) is 4.00. The Morgan fingerprint density at radius 3 is 2.25 bits per heavy atom. The minimum absolute atomic E-state index is 0.464. The van der Waals surface area contributed by atoms with Crippen molar-refractivity contribution in [3.05, 3.63) is 22.4 Å². The molecular formula is C9H15N3. The van der Waals surface area contributed by atoms with Crippen LogP contribution in [-0.4, -0.2) is 4.98 Å². The number of anilines is 1. The van der Waals surface area contributed by atoms with Crippen LogP contribution in [0.25, 0.3) is 0 Å². The number of aromatic nitrogens is 1. The maximum Gasteiger partial charge on any atom is 0.128 e. The Morgan fingerprint density at radius 1 is 1.17 bits per heavy atom. The zero-order valence-corrected chi connectivity index (χ0v) is 7.81. The number of nitrogens with two attached hydrogens (primary N) is 2. The van der Waals surface area contributed by atoms with Crippen molar-refractivity contribution in [1.82, 2.24) is 4.98 Å². The van der Waals surface area contributed by atoms with Gasteiger partial charge in [0.15, 0.2) is 0 Å². The zero-order valence-electron chi connectivity index (χ0n) is 7.81. The third-order valence-corrected chi connectivity index (χ3v) is 2.36. The number of rotatable bonds is 1. The standard InChI is InChI=1S/C9H15N3/c1-5-6(2)8(4-10)9(11)12-7(5)3/h4,10H2,1-3H3,(H2,11,12). The minimum atomic E-state index is 0.464. The molecule has 0 spiro atoms. The molecule has 0 atom stereocenters. The van der Waals surface area contributed by atoms with Gasteiger partial charge in [0.2, 0.25) is 0 Å². The first-order valence-corrected chi connectivity index (χ1v) is 4.00. The van der Waals surface area contributed by atoms with E-state index in [4.69, 9.17) is 11.5 Å². The van der Waals surface area contributed by atoms with Gasteiger partial charge in [-0.05, 0) is 31.9 Å². The van der Waals surface area contributed by atoms with Gasteiger partial charge in [0.05, 0.1) is 0 Å². The summed E-state index contributed by atoms with van der Waals surface area (Å²) in [5, 5.41) is 0. The van der Waals surface area contributed by atoms with Crippen molar-refractivity contribution < 1.29 is 0 Å². The number of aryl methyl sites for hydroxylation is 1. The molecule has 0 aliphatic carbocycles. The first-order chi connectivity index (χ1) is 5.57. The van der Waals surface area contributed by atoms with Gasteiger partial charge < -0.3 is 11.5 Å². The molecule has 12 heavy (non-hydrogen) atoms. The van der Waals surface area contributed by atoms with Gasteiger partial charge in [0.1, 0.15) is 5.82 Å². The predicted octanol–water partition coefficient (Wildman–Crippen LogP) is 1.05. The Balaban J connectivity index is 3.40. The Kier molecular flexibility index (Phi) is 2.33. The van der Waals surface area contributed by atoms with E-state index in [-0.39, 0.29) is 0 Å². The molecule has 1 aromatic rings. The van der Waals surface area contributed by atoms with Crippen LogP contribution in [0, 0.1) is 20.8 Å². The lowest BCUT2D eigenvalue weighted by Crippen LogP contribution is -2.09. The van der Waals surface area contributed by atoms with E-state index in [2.05, 4.69) is 4.98 Å². The molecule has 0 unspecified atom stereocenters. The molecule has 0 saturated heterocycles. The lowest BCUT2D eigenvalue weighted by atomic mass is 10.0. The summed E-state index contributed by atoms with van der Waals surface area (Å²) in [7, 11) is 0. The summed E-state index contributed by atoms with van der Waals surface area (Å²) in [5.41, 5.74) is 15.6. The van der Waals surface area contributed by atoms with Crippen LogP contribution < -0.4 is 11.5 Å². The average Bonchev–Trinajstić information content (AvgIpc) is 2.01. The van der Waals surface area contributed by atoms with Crippen molar-refractivity contribution in [2.75, 3.05) is 5.73 Å². The summed E-state index contributed by atoms with van der Waals surface area (Å²) in [6.45, 7) is 6.49. The van der Waals surface area contributed by atoms with Crippen LogP contribution >= 0.6 is 0 Å². The second-order valence-corrected chi connectivity index (χ2v) is 3.02. The van der Waals surface area contributed by atoms with Crippen LogP contribution in [0.5, 0.6) is 0 Å². The van der Waals surface area contributed by atoms with E-state index >= 15 is 0 Å². The summed E-state index contributed by atoms with van der Waals surface area (Å²) in [5.74, 6) is 0.568. The summed E-state index contributed by atoms with van der Waals surface area (Å²) >= 11 is 0. The van der Waals surface area contributed by atoms with E-state index in [1.165, 1.54) is 11.1 Å². The van der Waals surface area contributed by atoms with Gasteiger partial charge in [-0.1, -0.05) is 0 Å². The van der Waals surface area contributed by atoms with E-state index in [9.17, 15) is 0 Å². The lowest BCUT2D eigenvalue weighted by molar-refractivity contribution is 1.000. The second-order valence-electron chi connectivity index (χ2n) is 3.02. The normalized spacial score (nSPS) is 10.3. The number of hydrogen-bond acceptors (Lipinski definition) is 3. The number of pyridine rings is 1. The monoisotopic (exact) mass is 165 g/mol. The highest BCUT2D eigenvalue weighted by molar-refractivity contribution is 5.49. The van der Waals surface area contributed by atoms with Gasteiger partial charge in [-0.3, -0.25) is 0 Å². The van der Waals surface area contributed by atoms with E-state index in [0.717, 1.165) is 11.3 Å². The molecule has 0 fully saturated rings. The molecule has 66 valence electrons. The molecule has 0 aliphatic rings. The van der Waals surface area contributed by atoms with E-state index < -0.39 is 0 Å². The summed E-state index contributed by atoms with van der Waals surface area (Å²) in [4.78, 5) is 4.20. The zero-order chi connectivity index (χ0) is 9.30. The first kappa shape index (κ1) is 9.00. The van der Waals surface area contributed by atoms with Crippen molar-refractivity contribution in [3.8, 4) is 0 Å². The van der Waals surface area contributed by atoms with Crippen molar-refractivity contribution in [2.24, 2.45) is 5.73 Å². The Bertz CT molecular complexity index is 305. The molecule has 0 amide bonds. The van der Waals surface area contributed by atoms with Crippen molar-refractivity contribution in [2.45, 2.75) is 27.3 Å². The fourth-order valence-corrected chi connectivity index (χ4v) is 1.28. The Morgan fingerprint density at radius 2 is 1.75 bits per heavy atom. The molecular weight excluding hydrogens is 150 g/mol. The molecule has 0 bridgehead atoms. The molecule has 0 radical (unpaired) electrons. The average molecular weight is 165 g/mol. The maximum atomic E-state index is 5.71. The van der Waals surface area contributed by atoms with Crippen molar-refractivity contribution in [3.63, 3.8) is 0 Å². The predicted molar refractivity (Wildman–Crippen MR) is 50.8 cm³/mol. The summed E-state index contributed by atoms with van der Waals surface area (Å²) in [6.07, 6.45) is 0. The van der Waals surface area contributed by atoms with Crippen LogP contribution in [0.15, 0.2) is 0 Å². The van der Waals surface area contributed by atoms with Gasteiger partial charge in [0.25, 0.3) is 0 Å². The molecule has 3 nitrogen and oxygen atoms in total. The van der Waals surface area contributed by atoms with Crippen LogP contribution in [0.4, 0.5) is 5.82 Å². The molecule has 0 saturated carbocycles. The lowest BCUT2D eigenvalue weighted by Gasteiger charge is -2.11. The number of hydrogen-bond donors (Lipinski definition) is 2. The largest absolute Gasteiger partial charge is 0.383 e. The molecule has 3 heteroatoms. The highest BCUT2D eigenvalue weighted by Gasteiger charge is 2.07. The fraction of sp³-hybridized carbons (Fsp3) is 0.444. The van der Waals surface area contributed by atoms with Gasteiger partial charge in [0, 0.05) is 17.8 Å². The molecule has 0 aromatic carbocycles. The smallest absolute Gasteiger partial charge is 0.128 e. The number of nitrogens with zero attached hydrogens (tertiary/aromatic N) is 1. The van der Waals surface area contributed by atoms with Gasteiger partial charge in [-0.25, -0.2) is 4.98 Å². The molecule has 1 aromatic heterocycles. The summed E-state index contributed by atoms with van der Waals surface area (Å²) in [6, 6.07) is 0. The fourth-order valence-electron chi connectivity index (χ4n) is 1.28. The molecule has 4 N–H and O–H groups in total. The Labute approximate surface area is 72.8 Å². The molecule has 1 rings (SSSR count). The molecule has 0 aliphatic heterocycles.